The first-order valence-electron chi connectivity index (χ1n) is 6.87. The third-order valence-corrected chi connectivity index (χ3v) is 5.07. The van der Waals surface area contributed by atoms with Crippen LogP contribution in [-0.4, -0.2) is 4.57 Å². The molecule has 0 bridgehead atoms. The fourth-order valence-corrected chi connectivity index (χ4v) is 3.98. The van der Waals surface area contributed by atoms with E-state index in [4.69, 9.17) is 0 Å². The van der Waals surface area contributed by atoms with Gasteiger partial charge in [0.1, 0.15) is 0 Å². The average molecular weight is 280 g/mol. The Hall–Kier alpha value is -1.84. The lowest BCUT2D eigenvalue weighted by atomic mass is 10.1. The highest BCUT2D eigenvalue weighted by Crippen LogP contribution is 2.34. The van der Waals surface area contributed by atoms with Crippen molar-refractivity contribution in [2.24, 2.45) is 0 Å². The van der Waals surface area contributed by atoms with Crippen LogP contribution in [0.4, 0.5) is 0 Å². The number of nitrogens with zero attached hydrogens (tertiary/aromatic N) is 1. The summed E-state index contributed by atoms with van der Waals surface area (Å²) in [4.78, 5) is 1.41. The fourth-order valence-electron chi connectivity index (χ4n) is 2.97. The molecule has 0 amide bonds. The first-order chi connectivity index (χ1) is 9.84. The van der Waals surface area contributed by atoms with Crippen molar-refractivity contribution in [2.45, 2.75) is 19.5 Å². The van der Waals surface area contributed by atoms with Gasteiger partial charge in [-0.15, -0.1) is 11.3 Å². The molecule has 4 rings (SSSR count). The van der Waals surface area contributed by atoms with Crippen LogP contribution in [0.1, 0.15) is 27.7 Å². The SMILES string of the molecule is Cc1ccsc1C1NCc2ccccc2-n2cccc21. The number of hydrogen-bond acceptors (Lipinski definition) is 2. The molecule has 1 aliphatic heterocycles. The van der Waals surface area contributed by atoms with Gasteiger partial charge >= 0.3 is 0 Å². The van der Waals surface area contributed by atoms with E-state index in [2.05, 4.69) is 70.8 Å². The zero-order valence-electron chi connectivity index (χ0n) is 11.3. The second-order valence-corrected chi connectivity index (χ2v) is 6.16. The molecule has 3 heteroatoms. The minimum atomic E-state index is 0.275. The molecule has 20 heavy (non-hydrogen) atoms. The van der Waals surface area contributed by atoms with Gasteiger partial charge in [-0.2, -0.15) is 0 Å². The Kier molecular flexibility index (Phi) is 2.76. The zero-order chi connectivity index (χ0) is 13.5. The van der Waals surface area contributed by atoms with Gasteiger partial charge in [-0.25, -0.2) is 0 Å². The van der Waals surface area contributed by atoms with Crippen LogP contribution < -0.4 is 5.32 Å². The van der Waals surface area contributed by atoms with Gasteiger partial charge in [-0.3, -0.25) is 0 Å². The molecule has 3 heterocycles. The quantitative estimate of drug-likeness (QED) is 0.712. The van der Waals surface area contributed by atoms with Crippen LogP contribution in [0, 0.1) is 6.92 Å². The van der Waals surface area contributed by atoms with E-state index in [0.29, 0.717) is 0 Å². The molecule has 0 spiro atoms. The lowest BCUT2D eigenvalue weighted by Gasteiger charge is -2.17. The van der Waals surface area contributed by atoms with Crippen molar-refractivity contribution >= 4 is 11.3 Å². The molecule has 1 aromatic carbocycles. The second kappa shape index (κ2) is 4.62. The molecular weight excluding hydrogens is 264 g/mol. The van der Waals surface area contributed by atoms with E-state index < -0.39 is 0 Å². The van der Waals surface area contributed by atoms with Crippen molar-refractivity contribution in [1.82, 2.24) is 9.88 Å². The van der Waals surface area contributed by atoms with Crippen LogP contribution in [-0.2, 0) is 6.54 Å². The Bertz CT molecular complexity index is 754. The second-order valence-electron chi connectivity index (χ2n) is 5.21. The lowest BCUT2D eigenvalue weighted by Crippen LogP contribution is -2.20. The number of aryl methyl sites for hydroxylation is 1. The number of para-hydroxylation sites is 1. The van der Waals surface area contributed by atoms with Gasteiger partial charge in [-0.1, -0.05) is 18.2 Å². The van der Waals surface area contributed by atoms with E-state index in [-0.39, 0.29) is 6.04 Å². The van der Waals surface area contributed by atoms with Crippen LogP contribution in [0.5, 0.6) is 0 Å². The van der Waals surface area contributed by atoms with Gasteiger partial charge in [0.05, 0.1) is 6.04 Å². The Labute approximate surface area is 122 Å². The summed E-state index contributed by atoms with van der Waals surface area (Å²) < 4.78 is 2.32. The molecular formula is C17H16N2S. The maximum atomic E-state index is 3.71. The summed E-state index contributed by atoms with van der Waals surface area (Å²) in [7, 11) is 0. The predicted octanol–water partition coefficient (Wildman–Crippen LogP) is 4.04. The van der Waals surface area contributed by atoms with Gasteiger partial charge < -0.3 is 9.88 Å². The van der Waals surface area contributed by atoms with Crippen molar-refractivity contribution in [3.8, 4) is 5.69 Å². The highest BCUT2D eigenvalue weighted by atomic mass is 32.1. The summed E-state index contributed by atoms with van der Waals surface area (Å²) in [6, 6.07) is 15.5. The van der Waals surface area contributed by atoms with Crippen LogP contribution in [0.3, 0.4) is 0 Å². The number of thiophene rings is 1. The molecule has 2 nitrogen and oxygen atoms in total. The van der Waals surface area contributed by atoms with Gasteiger partial charge in [0.15, 0.2) is 0 Å². The molecule has 1 atom stereocenters. The van der Waals surface area contributed by atoms with Crippen molar-refractivity contribution in [1.29, 1.82) is 0 Å². The van der Waals surface area contributed by atoms with Gasteiger partial charge in [0, 0.05) is 29.0 Å². The number of benzene rings is 1. The lowest BCUT2D eigenvalue weighted by molar-refractivity contribution is 0.607. The van der Waals surface area contributed by atoms with Crippen LogP contribution in [0.25, 0.3) is 5.69 Å². The Morgan fingerprint density at radius 1 is 1.15 bits per heavy atom. The van der Waals surface area contributed by atoms with Gasteiger partial charge in [0.25, 0.3) is 0 Å². The monoisotopic (exact) mass is 280 g/mol. The summed E-state index contributed by atoms with van der Waals surface area (Å²) in [6.45, 7) is 3.10. The molecule has 0 saturated heterocycles. The van der Waals surface area contributed by atoms with E-state index in [1.54, 1.807) is 0 Å². The van der Waals surface area contributed by atoms with E-state index in [0.717, 1.165) is 6.54 Å². The number of aromatic nitrogens is 1. The van der Waals surface area contributed by atoms with E-state index >= 15 is 0 Å². The van der Waals surface area contributed by atoms with Gasteiger partial charge in [-0.05, 0) is 47.7 Å². The summed E-state index contributed by atoms with van der Waals surface area (Å²) in [5.41, 5.74) is 5.32. The van der Waals surface area contributed by atoms with Crippen LogP contribution in [0.2, 0.25) is 0 Å². The van der Waals surface area contributed by atoms with E-state index in [1.165, 1.54) is 27.4 Å². The standard InChI is InChI=1S/C17H16N2S/c1-12-8-10-20-17(12)16-15-7-4-9-19(15)14-6-3-2-5-13(14)11-18-16/h2-10,16,18H,11H2,1H3. The molecule has 100 valence electrons. The molecule has 1 aliphatic rings. The van der Waals surface area contributed by atoms with Crippen molar-refractivity contribution in [3.63, 3.8) is 0 Å². The fraction of sp³-hybridized carbons (Fsp3) is 0.176. The Balaban J connectivity index is 1.90. The van der Waals surface area contributed by atoms with Crippen LogP contribution >= 0.6 is 11.3 Å². The minimum absolute atomic E-state index is 0.275. The number of nitrogens with one attached hydrogen (secondary N) is 1. The highest BCUT2D eigenvalue weighted by molar-refractivity contribution is 7.10. The number of rotatable bonds is 1. The van der Waals surface area contributed by atoms with Crippen LogP contribution in [0.15, 0.2) is 54.0 Å². The number of hydrogen-bond donors (Lipinski definition) is 1. The highest BCUT2D eigenvalue weighted by Gasteiger charge is 2.24. The van der Waals surface area contributed by atoms with E-state index in [9.17, 15) is 0 Å². The molecule has 2 aromatic heterocycles. The molecule has 3 aromatic rings. The molecule has 0 radical (unpaired) electrons. The third-order valence-electron chi connectivity index (χ3n) is 3.99. The topological polar surface area (TPSA) is 17.0 Å². The van der Waals surface area contributed by atoms with Crippen molar-refractivity contribution < 1.29 is 0 Å². The van der Waals surface area contributed by atoms with Crippen molar-refractivity contribution in [2.75, 3.05) is 0 Å². The average Bonchev–Trinajstić information content (AvgIpc) is 3.07. The molecule has 0 saturated carbocycles. The first kappa shape index (κ1) is 11.9. The summed E-state index contributed by atoms with van der Waals surface area (Å²) in [6.07, 6.45) is 2.16. The van der Waals surface area contributed by atoms with E-state index in [1.807, 2.05) is 11.3 Å². The molecule has 1 unspecified atom stereocenters. The summed E-state index contributed by atoms with van der Waals surface area (Å²) in [5.74, 6) is 0. The zero-order valence-corrected chi connectivity index (χ0v) is 12.2. The predicted molar refractivity (Wildman–Crippen MR) is 83.5 cm³/mol. The summed E-state index contributed by atoms with van der Waals surface area (Å²) in [5, 5.41) is 5.89. The molecule has 0 fully saturated rings. The molecule has 1 N–H and O–H groups in total. The first-order valence-corrected chi connectivity index (χ1v) is 7.75. The molecule has 0 aliphatic carbocycles. The Morgan fingerprint density at radius 3 is 2.90 bits per heavy atom. The van der Waals surface area contributed by atoms with Gasteiger partial charge in [0.2, 0.25) is 0 Å². The maximum Gasteiger partial charge on any atom is 0.0833 e. The minimum Gasteiger partial charge on any atom is -0.319 e. The third kappa shape index (κ3) is 1.74. The number of fused-ring (bicyclic) bond motifs is 3. The maximum absolute atomic E-state index is 3.71. The summed E-state index contributed by atoms with van der Waals surface area (Å²) >= 11 is 1.84. The van der Waals surface area contributed by atoms with Crippen molar-refractivity contribution in [3.05, 3.63) is 75.7 Å². The Morgan fingerprint density at radius 2 is 2.05 bits per heavy atom. The normalized spacial score (nSPS) is 17.4. The largest absolute Gasteiger partial charge is 0.319 e. The smallest absolute Gasteiger partial charge is 0.0833 e.